The molecule has 0 saturated heterocycles. The molecule has 0 amide bonds. The van der Waals surface area contributed by atoms with Gasteiger partial charge in [0.25, 0.3) is 0 Å². The van der Waals surface area contributed by atoms with Gasteiger partial charge < -0.3 is 4.74 Å². The molecule has 0 atom stereocenters. The van der Waals surface area contributed by atoms with Gasteiger partial charge in [0, 0.05) is 4.47 Å². The highest BCUT2D eigenvalue weighted by molar-refractivity contribution is 9.10. The standard InChI is InChI=1S/C12H9BrO2.C2H6/c1-15-12(14)10-4-2-3-8-5-6-9(13)7-11(8)10;1-2/h2-7H,1H3;1-2H3. The van der Waals surface area contributed by atoms with Crippen molar-refractivity contribution in [3.05, 3.63) is 46.4 Å². The SMILES string of the molecule is CC.COC(=O)c1cccc2ccc(Br)cc12. The molecule has 0 unspecified atom stereocenters. The minimum Gasteiger partial charge on any atom is -0.465 e. The van der Waals surface area contributed by atoms with E-state index in [2.05, 4.69) is 15.9 Å². The Morgan fingerprint density at radius 3 is 2.53 bits per heavy atom. The molecule has 3 heteroatoms. The summed E-state index contributed by atoms with van der Waals surface area (Å²) in [5.74, 6) is -0.307. The lowest BCUT2D eigenvalue weighted by Gasteiger charge is -2.04. The molecule has 0 aliphatic heterocycles. The number of benzene rings is 2. The van der Waals surface area contributed by atoms with E-state index >= 15 is 0 Å². The topological polar surface area (TPSA) is 26.3 Å². The van der Waals surface area contributed by atoms with Crippen LogP contribution in [-0.2, 0) is 4.74 Å². The molecular formula is C14H15BrO2. The molecule has 0 spiro atoms. The van der Waals surface area contributed by atoms with Gasteiger partial charge in [-0.1, -0.05) is 48.0 Å². The van der Waals surface area contributed by atoms with Crippen LogP contribution in [-0.4, -0.2) is 13.1 Å². The molecule has 90 valence electrons. The van der Waals surface area contributed by atoms with E-state index < -0.39 is 0 Å². The second-order valence-electron chi connectivity index (χ2n) is 3.16. The predicted octanol–water partition coefficient (Wildman–Crippen LogP) is 4.42. The summed E-state index contributed by atoms with van der Waals surface area (Å²) in [6.07, 6.45) is 0. The number of hydrogen-bond acceptors (Lipinski definition) is 2. The van der Waals surface area contributed by atoms with Crippen LogP contribution in [0.5, 0.6) is 0 Å². The number of rotatable bonds is 1. The van der Waals surface area contributed by atoms with Crippen molar-refractivity contribution in [1.82, 2.24) is 0 Å². The average molecular weight is 295 g/mol. The lowest BCUT2D eigenvalue weighted by Crippen LogP contribution is -2.01. The summed E-state index contributed by atoms with van der Waals surface area (Å²) in [5, 5.41) is 1.93. The van der Waals surface area contributed by atoms with Crippen LogP contribution in [0.25, 0.3) is 10.8 Å². The van der Waals surface area contributed by atoms with Crippen LogP contribution < -0.4 is 0 Å². The van der Waals surface area contributed by atoms with Crippen LogP contribution in [0.4, 0.5) is 0 Å². The quantitative estimate of drug-likeness (QED) is 0.728. The molecule has 2 aromatic carbocycles. The summed E-state index contributed by atoms with van der Waals surface area (Å²) in [5.41, 5.74) is 0.594. The molecular weight excluding hydrogens is 280 g/mol. The molecule has 0 bridgehead atoms. The Kier molecular flexibility index (Phi) is 5.16. The fourth-order valence-corrected chi connectivity index (χ4v) is 1.89. The van der Waals surface area contributed by atoms with Gasteiger partial charge in [0.1, 0.15) is 0 Å². The molecule has 0 heterocycles. The Hall–Kier alpha value is -1.35. The first-order valence-corrected chi connectivity index (χ1v) is 6.28. The first-order chi connectivity index (χ1) is 8.22. The minimum absolute atomic E-state index is 0.307. The summed E-state index contributed by atoms with van der Waals surface area (Å²) in [6.45, 7) is 4.00. The number of esters is 1. The van der Waals surface area contributed by atoms with E-state index in [0.29, 0.717) is 5.56 Å². The fourth-order valence-electron chi connectivity index (χ4n) is 1.53. The maximum Gasteiger partial charge on any atom is 0.338 e. The van der Waals surface area contributed by atoms with Gasteiger partial charge in [0.15, 0.2) is 0 Å². The fraction of sp³-hybridized carbons (Fsp3) is 0.214. The summed E-state index contributed by atoms with van der Waals surface area (Å²) >= 11 is 3.39. The highest BCUT2D eigenvalue weighted by Crippen LogP contribution is 2.23. The second-order valence-corrected chi connectivity index (χ2v) is 4.08. The molecule has 0 saturated carbocycles. The lowest BCUT2D eigenvalue weighted by atomic mass is 10.1. The Morgan fingerprint density at radius 2 is 1.88 bits per heavy atom. The summed E-state index contributed by atoms with van der Waals surface area (Å²) in [7, 11) is 1.39. The highest BCUT2D eigenvalue weighted by Gasteiger charge is 2.09. The van der Waals surface area contributed by atoms with Crippen LogP contribution in [0.2, 0.25) is 0 Å². The van der Waals surface area contributed by atoms with Crippen LogP contribution in [0.1, 0.15) is 24.2 Å². The van der Waals surface area contributed by atoms with Crippen molar-refractivity contribution in [3.8, 4) is 0 Å². The first kappa shape index (κ1) is 13.7. The maximum absolute atomic E-state index is 11.5. The van der Waals surface area contributed by atoms with E-state index in [4.69, 9.17) is 4.74 Å². The number of carbonyl (C=O) groups is 1. The average Bonchev–Trinajstić information content (AvgIpc) is 2.39. The molecule has 0 aromatic heterocycles. The molecule has 0 radical (unpaired) electrons. The number of methoxy groups -OCH3 is 1. The van der Waals surface area contributed by atoms with Crippen molar-refractivity contribution in [2.75, 3.05) is 7.11 Å². The lowest BCUT2D eigenvalue weighted by molar-refractivity contribution is 0.0603. The van der Waals surface area contributed by atoms with E-state index in [1.165, 1.54) is 7.11 Å². The van der Waals surface area contributed by atoms with Crippen LogP contribution in [0.15, 0.2) is 40.9 Å². The zero-order chi connectivity index (χ0) is 12.8. The van der Waals surface area contributed by atoms with Gasteiger partial charge in [-0.25, -0.2) is 4.79 Å². The van der Waals surface area contributed by atoms with Gasteiger partial charge in [0.05, 0.1) is 12.7 Å². The number of halogens is 1. The van der Waals surface area contributed by atoms with Gasteiger partial charge >= 0.3 is 5.97 Å². The molecule has 2 nitrogen and oxygen atoms in total. The van der Waals surface area contributed by atoms with E-state index in [9.17, 15) is 4.79 Å². The highest BCUT2D eigenvalue weighted by atomic mass is 79.9. The second kappa shape index (κ2) is 6.40. The third-order valence-corrected chi connectivity index (χ3v) is 2.74. The van der Waals surface area contributed by atoms with Gasteiger partial charge in [-0.15, -0.1) is 0 Å². The van der Waals surface area contributed by atoms with Gasteiger partial charge in [-0.05, 0) is 29.0 Å². The minimum atomic E-state index is -0.307. The van der Waals surface area contributed by atoms with Crippen molar-refractivity contribution in [3.63, 3.8) is 0 Å². The Labute approximate surface area is 110 Å². The van der Waals surface area contributed by atoms with E-state index in [-0.39, 0.29) is 5.97 Å². The number of hydrogen-bond donors (Lipinski definition) is 0. The number of fused-ring (bicyclic) bond motifs is 1. The number of ether oxygens (including phenoxy) is 1. The van der Waals surface area contributed by atoms with Crippen LogP contribution in [0.3, 0.4) is 0 Å². The Morgan fingerprint density at radius 1 is 1.18 bits per heavy atom. The predicted molar refractivity (Wildman–Crippen MR) is 74.3 cm³/mol. The van der Waals surface area contributed by atoms with Crippen LogP contribution in [0, 0.1) is 0 Å². The third-order valence-electron chi connectivity index (χ3n) is 2.25. The van der Waals surface area contributed by atoms with Crippen molar-refractivity contribution in [2.24, 2.45) is 0 Å². The smallest absolute Gasteiger partial charge is 0.338 e. The van der Waals surface area contributed by atoms with Crippen molar-refractivity contribution >= 4 is 32.7 Å². The van der Waals surface area contributed by atoms with Crippen molar-refractivity contribution in [1.29, 1.82) is 0 Å². The Bertz CT molecular complexity index is 521. The molecule has 0 aliphatic carbocycles. The van der Waals surface area contributed by atoms with Crippen LogP contribution >= 0.6 is 15.9 Å². The van der Waals surface area contributed by atoms with Crippen molar-refractivity contribution < 1.29 is 9.53 Å². The Balaban J connectivity index is 0.000000686. The van der Waals surface area contributed by atoms with E-state index in [0.717, 1.165) is 15.2 Å². The van der Waals surface area contributed by atoms with E-state index in [1.807, 2.05) is 44.2 Å². The van der Waals surface area contributed by atoms with E-state index in [1.54, 1.807) is 6.07 Å². The van der Waals surface area contributed by atoms with Gasteiger partial charge in [0.2, 0.25) is 0 Å². The third kappa shape index (κ3) is 3.07. The van der Waals surface area contributed by atoms with Gasteiger partial charge in [-0.3, -0.25) is 0 Å². The summed E-state index contributed by atoms with van der Waals surface area (Å²) in [4.78, 5) is 11.5. The number of carbonyl (C=O) groups excluding carboxylic acids is 1. The molecule has 17 heavy (non-hydrogen) atoms. The zero-order valence-electron chi connectivity index (χ0n) is 10.2. The van der Waals surface area contributed by atoms with Gasteiger partial charge in [-0.2, -0.15) is 0 Å². The molecule has 2 aromatic rings. The molecule has 0 aliphatic rings. The monoisotopic (exact) mass is 294 g/mol. The molecule has 2 rings (SSSR count). The largest absolute Gasteiger partial charge is 0.465 e. The molecule has 0 fully saturated rings. The summed E-state index contributed by atoms with van der Waals surface area (Å²) < 4.78 is 5.68. The zero-order valence-corrected chi connectivity index (χ0v) is 11.7. The normalized spacial score (nSPS) is 9.41. The summed E-state index contributed by atoms with van der Waals surface area (Å²) in [6, 6.07) is 11.4. The first-order valence-electron chi connectivity index (χ1n) is 5.49. The van der Waals surface area contributed by atoms with Crippen molar-refractivity contribution in [2.45, 2.75) is 13.8 Å². The molecule has 0 N–H and O–H groups in total. The maximum atomic E-state index is 11.5.